The molecule has 1 aliphatic heterocycles. The minimum absolute atomic E-state index is 0.165. The van der Waals surface area contributed by atoms with Crippen LogP contribution in [0.5, 0.6) is 5.75 Å². The van der Waals surface area contributed by atoms with Gasteiger partial charge in [0, 0.05) is 12.0 Å². The van der Waals surface area contributed by atoms with Crippen molar-refractivity contribution in [1.82, 2.24) is 5.43 Å². The van der Waals surface area contributed by atoms with Crippen molar-refractivity contribution in [2.75, 3.05) is 6.61 Å². The molecule has 1 heterocycles. The zero-order valence-corrected chi connectivity index (χ0v) is 9.29. The van der Waals surface area contributed by atoms with Gasteiger partial charge in [-0.15, -0.1) is 0 Å². The molecule has 0 saturated carbocycles. The number of rotatable bonds is 3. The number of para-hydroxylation sites is 1. The Morgan fingerprint density at radius 1 is 1.40 bits per heavy atom. The van der Waals surface area contributed by atoms with Gasteiger partial charge in [0.25, 0.3) is 0 Å². The molecule has 15 heavy (non-hydrogen) atoms. The van der Waals surface area contributed by atoms with Crippen LogP contribution in [0.2, 0.25) is 0 Å². The molecule has 3 heteroatoms. The molecule has 3 nitrogen and oxygen atoms in total. The molecule has 0 spiro atoms. The van der Waals surface area contributed by atoms with Crippen molar-refractivity contribution >= 4 is 0 Å². The predicted molar refractivity (Wildman–Crippen MR) is 60.5 cm³/mol. The van der Waals surface area contributed by atoms with Crippen molar-refractivity contribution in [2.45, 2.75) is 26.3 Å². The third-order valence-electron chi connectivity index (χ3n) is 2.93. The molecular weight excluding hydrogens is 188 g/mol. The molecule has 1 aromatic carbocycles. The van der Waals surface area contributed by atoms with E-state index < -0.39 is 0 Å². The van der Waals surface area contributed by atoms with Crippen molar-refractivity contribution in [3.63, 3.8) is 0 Å². The second-order valence-electron chi connectivity index (χ2n) is 4.32. The highest BCUT2D eigenvalue weighted by Crippen LogP contribution is 2.35. The number of ether oxygens (including phenoxy) is 1. The van der Waals surface area contributed by atoms with E-state index in [2.05, 4.69) is 37.5 Å². The quantitative estimate of drug-likeness (QED) is 0.585. The highest BCUT2D eigenvalue weighted by atomic mass is 16.5. The summed E-state index contributed by atoms with van der Waals surface area (Å²) in [5.74, 6) is 7.08. The fourth-order valence-electron chi connectivity index (χ4n) is 2.13. The summed E-state index contributed by atoms with van der Waals surface area (Å²) in [6, 6.07) is 6.46. The first-order chi connectivity index (χ1) is 7.24. The summed E-state index contributed by atoms with van der Waals surface area (Å²) < 4.78 is 5.67. The molecule has 0 bridgehead atoms. The molecule has 3 N–H and O–H groups in total. The lowest BCUT2D eigenvalue weighted by Gasteiger charge is -2.22. The van der Waals surface area contributed by atoms with Gasteiger partial charge in [0.1, 0.15) is 5.75 Å². The maximum absolute atomic E-state index is 5.67. The molecular formula is C12H18N2O. The van der Waals surface area contributed by atoms with Crippen LogP contribution in [0, 0.1) is 5.92 Å². The monoisotopic (exact) mass is 206 g/mol. The Kier molecular flexibility index (Phi) is 2.93. The molecule has 0 aromatic heterocycles. The van der Waals surface area contributed by atoms with Gasteiger partial charge in [0.05, 0.1) is 12.6 Å². The summed E-state index contributed by atoms with van der Waals surface area (Å²) in [5, 5.41) is 0. The first-order valence-corrected chi connectivity index (χ1v) is 5.44. The van der Waals surface area contributed by atoms with E-state index in [-0.39, 0.29) is 6.04 Å². The largest absolute Gasteiger partial charge is 0.493 e. The second kappa shape index (κ2) is 4.21. The van der Waals surface area contributed by atoms with Crippen LogP contribution in [0.1, 0.15) is 31.0 Å². The van der Waals surface area contributed by atoms with Crippen molar-refractivity contribution in [3.05, 3.63) is 29.3 Å². The molecule has 1 aliphatic rings. The zero-order valence-electron chi connectivity index (χ0n) is 9.29. The van der Waals surface area contributed by atoms with Crippen LogP contribution in [-0.4, -0.2) is 6.61 Å². The number of hydrogen-bond donors (Lipinski definition) is 2. The molecule has 1 aromatic rings. The summed E-state index contributed by atoms with van der Waals surface area (Å²) in [6.07, 6.45) is 1.01. The molecule has 82 valence electrons. The summed E-state index contributed by atoms with van der Waals surface area (Å²) in [6.45, 7) is 5.10. The van der Waals surface area contributed by atoms with E-state index in [0.29, 0.717) is 5.92 Å². The first-order valence-electron chi connectivity index (χ1n) is 5.44. The van der Waals surface area contributed by atoms with Crippen molar-refractivity contribution in [1.29, 1.82) is 0 Å². The molecule has 0 fully saturated rings. The normalized spacial score (nSPS) is 16.3. The Morgan fingerprint density at radius 3 is 2.87 bits per heavy atom. The van der Waals surface area contributed by atoms with E-state index in [1.807, 2.05) is 0 Å². The van der Waals surface area contributed by atoms with Crippen molar-refractivity contribution in [3.8, 4) is 5.75 Å². The smallest absolute Gasteiger partial charge is 0.127 e. The SMILES string of the molecule is CC(C)C(NN)c1cccc2c1OCC2. The summed E-state index contributed by atoms with van der Waals surface area (Å²) in [5.41, 5.74) is 5.35. The number of nitrogens with one attached hydrogen (secondary N) is 1. The Bertz CT molecular complexity index is 349. The highest BCUT2D eigenvalue weighted by molar-refractivity contribution is 5.45. The third-order valence-corrected chi connectivity index (χ3v) is 2.93. The number of fused-ring (bicyclic) bond motifs is 1. The van der Waals surface area contributed by atoms with E-state index in [4.69, 9.17) is 10.6 Å². The fourth-order valence-corrected chi connectivity index (χ4v) is 2.13. The average Bonchev–Trinajstić information content (AvgIpc) is 2.66. The minimum Gasteiger partial charge on any atom is -0.493 e. The standard InChI is InChI=1S/C12H18N2O/c1-8(2)11(14-13)10-5-3-4-9-6-7-15-12(9)10/h3-5,8,11,14H,6-7,13H2,1-2H3. The summed E-state index contributed by atoms with van der Waals surface area (Å²) in [7, 11) is 0. The van der Waals surface area contributed by atoms with Crippen LogP contribution in [0.3, 0.4) is 0 Å². The second-order valence-corrected chi connectivity index (χ2v) is 4.32. The van der Waals surface area contributed by atoms with Gasteiger partial charge in [-0.2, -0.15) is 0 Å². The Labute approximate surface area is 90.6 Å². The lowest BCUT2D eigenvalue weighted by atomic mass is 9.94. The lowest BCUT2D eigenvalue weighted by molar-refractivity contribution is 0.338. The van der Waals surface area contributed by atoms with Crippen LogP contribution in [0.15, 0.2) is 18.2 Å². The average molecular weight is 206 g/mol. The number of benzene rings is 1. The van der Waals surface area contributed by atoms with E-state index in [1.165, 1.54) is 11.1 Å². The van der Waals surface area contributed by atoms with Crippen LogP contribution in [0.4, 0.5) is 0 Å². The summed E-state index contributed by atoms with van der Waals surface area (Å²) >= 11 is 0. The maximum Gasteiger partial charge on any atom is 0.127 e. The van der Waals surface area contributed by atoms with Gasteiger partial charge < -0.3 is 4.74 Å². The van der Waals surface area contributed by atoms with Crippen LogP contribution in [-0.2, 0) is 6.42 Å². The van der Waals surface area contributed by atoms with Gasteiger partial charge in [-0.3, -0.25) is 11.3 Å². The summed E-state index contributed by atoms with van der Waals surface area (Å²) in [4.78, 5) is 0. The lowest BCUT2D eigenvalue weighted by Crippen LogP contribution is -2.31. The Morgan fingerprint density at radius 2 is 2.20 bits per heavy atom. The van der Waals surface area contributed by atoms with E-state index in [9.17, 15) is 0 Å². The van der Waals surface area contributed by atoms with Crippen molar-refractivity contribution < 1.29 is 4.74 Å². The first kappa shape index (κ1) is 10.5. The van der Waals surface area contributed by atoms with E-state index >= 15 is 0 Å². The van der Waals surface area contributed by atoms with Gasteiger partial charge in [0.2, 0.25) is 0 Å². The fraction of sp³-hybridized carbons (Fsp3) is 0.500. The Balaban J connectivity index is 2.39. The predicted octanol–water partition coefficient (Wildman–Crippen LogP) is 1.78. The molecule has 2 rings (SSSR count). The van der Waals surface area contributed by atoms with Crippen LogP contribution in [0.25, 0.3) is 0 Å². The number of hydrogen-bond acceptors (Lipinski definition) is 3. The van der Waals surface area contributed by atoms with Crippen LogP contribution >= 0.6 is 0 Å². The zero-order chi connectivity index (χ0) is 10.8. The van der Waals surface area contributed by atoms with Gasteiger partial charge in [-0.25, -0.2) is 0 Å². The van der Waals surface area contributed by atoms with Crippen molar-refractivity contribution in [2.24, 2.45) is 11.8 Å². The van der Waals surface area contributed by atoms with E-state index in [0.717, 1.165) is 18.8 Å². The van der Waals surface area contributed by atoms with Gasteiger partial charge in [-0.1, -0.05) is 32.0 Å². The number of hydrazine groups is 1. The third kappa shape index (κ3) is 1.85. The molecule has 0 radical (unpaired) electrons. The molecule has 1 unspecified atom stereocenters. The highest BCUT2D eigenvalue weighted by Gasteiger charge is 2.23. The molecule has 0 aliphatic carbocycles. The molecule has 0 saturated heterocycles. The maximum atomic E-state index is 5.67. The Hall–Kier alpha value is -1.06. The van der Waals surface area contributed by atoms with E-state index in [1.54, 1.807) is 0 Å². The van der Waals surface area contributed by atoms with Crippen LogP contribution < -0.4 is 16.0 Å². The van der Waals surface area contributed by atoms with Gasteiger partial charge >= 0.3 is 0 Å². The van der Waals surface area contributed by atoms with Gasteiger partial charge in [-0.05, 0) is 11.5 Å². The topological polar surface area (TPSA) is 47.3 Å². The minimum atomic E-state index is 0.165. The van der Waals surface area contributed by atoms with Gasteiger partial charge in [0.15, 0.2) is 0 Å². The molecule has 1 atom stereocenters. The number of nitrogens with two attached hydrogens (primary N) is 1. The molecule has 0 amide bonds.